The number of ether oxygens (including phenoxy) is 2. The quantitative estimate of drug-likeness (QED) is 0.620. The number of anilines is 1. The second kappa shape index (κ2) is 9.45. The molecule has 0 unspecified atom stereocenters. The number of rotatable bonds is 7. The molecule has 3 rings (SSSR count). The first-order valence-electron chi connectivity index (χ1n) is 9.33. The molecule has 0 aliphatic heterocycles. The zero-order chi connectivity index (χ0) is 21.7. The Morgan fingerprint density at radius 1 is 1.13 bits per heavy atom. The second-order valence-corrected chi connectivity index (χ2v) is 6.91. The van der Waals surface area contributed by atoms with Crippen LogP contribution in [0.5, 0.6) is 11.5 Å². The van der Waals surface area contributed by atoms with E-state index in [2.05, 4.69) is 10.3 Å². The van der Waals surface area contributed by atoms with Crippen molar-refractivity contribution in [3.63, 3.8) is 0 Å². The van der Waals surface area contributed by atoms with Gasteiger partial charge < -0.3 is 14.8 Å². The van der Waals surface area contributed by atoms with Crippen molar-refractivity contribution in [1.82, 2.24) is 9.55 Å². The lowest BCUT2D eigenvalue weighted by Gasteiger charge is -2.15. The Morgan fingerprint density at radius 3 is 2.60 bits per heavy atom. The second-order valence-electron chi connectivity index (χ2n) is 6.47. The number of benzene rings is 2. The summed E-state index contributed by atoms with van der Waals surface area (Å²) in [7, 11) is 3.04. The predicted octanol–water partition coefficient (Wildman–Crippen LogP) is 3.78. The van der Waals surface area contributed by atoms with Crippen molar-refractivity contribution < 1.29 is 14.3 Å². The Morgan fingerprint density at radius 2 is 1.93 bits per heavy atom. The molecule has 0 aliphatic carbocycles. The summed E-state index contributed by atoms with van der Waals surface area (Å²) in [4.78, 5) is 30.1. The molecule has 1 amide bonds. The van der Waals surface area contributed by atoms with Gasteiger partial charge in [0.1, 0.15) is 23.9 Å². The van der Waals surface area contributed by atoms with E-state index < -0.39 is 5.91 Å². The zero-order valence-corrected chi connectivity index (χ0v) is 17.7. The van der Waals surface area contributed by atoms with Crippen molar-refractivity contribution in [2.45, 2.75) is 19.9 Å². The minimum atomic E-state index is -0.394. The summed E-state index contributed by atoms with van der Waals surface area (Å²) >= 11 is 6.11. The fraction of sp³-hybridized carbons (Fsp3) is 0.227. The molecule has 30 heavy (non-hydrogen) atoms. The van der Waals surface area contributed by atoms with E-state index in [0.29, 0.717) is 45.7 Å². The van der Waals surface area contributed by atoms with Crippen LogP contribution in [0.1, 0.15) is 12.6 Å². The predicted molar refractivity (Wildman–Crippen MR) is 116 cm³/mol. The number of carbonyl (C=O) groups is 1. The minimum Gasteiger partial charge on any atom is -0.497 e. The van der Waals surface area contributed by atoms with Gasteiger partial charge in [-0.15, -0.1) is 0 Å². The van der Waals surface area contributed by atoms with Gasteiger partial charge in [-0.05, 0) is 30.7 Å². The molecule has 3 aromatic rings. The van der Waals surface area contributed by atoms with E-state index in [1.807, 2.05) is 6.92 Å². The van der Waals surface area contributed by atoms with Crippen LogP contribution in [0.4, 0.5) is 5.69 Å². The van der Waals surface area contributed by atoms with Crippen molar-refractivity contribution >= 4 is 23.2 Å². The van der Waals surface area contributed by atoms with Gasteiger partial charge in [0.05, 0.1) is 19.9 Å². The average molecular weight is 428 g/mol. The van der Waals surface area contributed by atoms with Gasteiger partial charge in [-0.2, -0.15) is 0 Å². The molecule has 0 saturated heterocycles. The first-order chi connectivity index (χ1) is 14.4. The summed E-state index contributed by atoms with van der Waals surface area (Å²) in [6.45, 7) is 1.70. The number of halogens is 1. The van der Waals surface area contributed by atoms with Gasteiger partial charge in [-0.25, -0.2) is 4.98 Å². The van der Waals surface area contributed by atoms with Gasteiger partial charge in [0.2, 0.25) is 5.91 Å². The Balaban J connectivity index is 1.95. The third-order valence-corrected chi connectivity index (χ3v) is 4.73. The van der Waals surface area contributed by atoms with Gasteiger partial charge in [0.15, 0.2) is 0 Å². The summed E-state index contributed by atoms with van der Waals surface area (Å²) < 4.78 is 11.8. The molecule has 0 bridgehead atoms. The number of aromatic nitrogens is 2. The molecule has 0 aliphatic rings. The lowest BCUT2D eigenvalue weighted by atomic mass is 10.2. The number of nitrogens with zero attached hydrogens (tertiary/aromatic N) is 2. The lowest BCUT2D eigenvalue weighted by molar-refractivity contribution is -0.116. The molecule has 0 saturated carbocycles. The number of aryl methyl sites for hydroxylation is 1. The molecule has 2 aromatic carbocycles. The molecule has 1 heterocycles. The monoisotopic (exact) mass is 427 g/mol. The zero-order valence-electron chi connectivity index (χ0n) is 16.9. The molecule has 1 aromatic heterocycles. The number of hydrogen-bond acceptors (Lipinski definition) is 5. The molecule has 1 N–H and O–H groups in total. The van der Waals surface area contributed by atoms with Crippen molar-refractivity contribution in [3.05, 3.63) is 69.6 Å². The van der Waals surface area contributed by atoms with Crippen LogP contribution in [-0.2, 0) is 17.8 Å². The van der Waals surface area contributed by atoms with Crippen LogP contribution in [0.2, 0.25) is 5.02 Å². The van der Waals surface area contributed by atoms with Gasteiger partial charge in [0, 0.05) is 28.4 Å². The fourth-order valence-electron chi connectivity index (χ4n) is 2.97. The summed E-state index contributed by atoms with van der Waals surface area (Å²) in [6, 6.07) is 13.5. The van der Waals surface area contributed by atoms with Crippen molar-refractivity contribution in [3.8, 4) is 22.9 Å². The lowest BCUT2D eigenvalue weighted by Crippen LogP contribution is -2.30. The standard InChI is InChI=1S/C22H22ClN3O4/c1-4-16-11-21(28)26(22(24-16)14-6-5-7-15(23)10-14)13-20(27)25-18-9-8-17(29-2)12-19(18)30-3/h5-12H,4,13H2,1-3H3,(H,25,27). The first-order valence-corrected chi connectivity index (χ1v) is 9.71. The number of hydrogen-bond donors (Lipinski definition) is 1. The molecular formula is C22H22ClN3O4. The Hall–Kier alpha value is -3.32. The average Bonchev–Trinajstić information content (AvgIpc) is 2.75. The third kappa shape index (κ3) is 4.80. The fourth-order valence-corrected chi connectivity index (χ4v) is 3.16. The molecule has 0 fully saturated rings. The normalized spacial score (nSPS) is 10.5. The topological polar surface area (TPSA) is 82.5 Å². The van der Waals surface area contributed by atoms with Crippen LogP contribution >= 0.6 is 11.6 Å². The Kier molecular flexibility index (Phi) is 6.74. The highest BCUT2D eigenvalue weighted by atomic mass is 35.5. The molecule has 0 spiro atoms. The molecule has 0 atom stereocenters. The number of amides is 1. The third-order valence-electron chi connectivity index (χ3n) is 4.49. The first kappa shape index (κ1) is 21.4. The van der Waals surface area contributed by atoms with Crippen LogP contribution in [0, 0.1) is 0 Å². The van der Waals surface area contributed by atoms with Crippen LogP contribution in [0.15, 0.2) is 53.3 Å². The van der Waals surface area contributed by atoms with E-state index in [0.717, 1.165) is 0 Å². The van der Waals surface area contributed by atoms with Crippen LogP contribution in [0.25, 0.3) is 11.4 Å². The SMILES string of the molecule is CCc1cc(=O)n(CC(=O)Nc2ccc(OC)cc2OC)c(-c2cccc(Cl)c2)n1. The van der Waals surface area contributed by atoms with Crippen LogP contribution in [0.3, 0.4) is 0 Å². The Labute approximate surface area is 179 Å². The summed E-state index contributed by atoms with van der Waals surface area (Å²) in [5.41, 5.74) is 1.46. The smallest absolute Gasteiger partial charge is 0.254 e. The van der Waals surface area contributed by atoms with Gasteiger partial charge in [-0.1, -0.05) is 30.7 Å². The number of nitrogens with one attached hydrogen (secondary N) is 1. The van der Waals surface area contributed by atoms with Crippen molar-refractivity contribution in [1.29, 1.82) is 0 Å². The van der Waals surface area contributed by atoms with Crippen LogP contribution in [-0.4, -0.2) is 29.7 Å². The maximum Gasteiger partial charge on any atom is 0.254 e. The largest absolute Gasteiger partial charge is 0.497 e. The highest BCUT2D eigenvalue weighted by molar-refractivity contribution is 6.30. The Bertz CT molecular complexity index is 1130. The van der Waals surface area contributed by atoms with Crippen LogP contribution < -0.4 is 20.3 Å². The highest BCUT2D eigenvalue weighted by Gasteiger charge is 2.16. The molecule has 7 nitrogen and oxygen atoms in total. The molecule has 156 valence electrons. The van der Waals surface area contributed by atoms with Crippen molar-refractivity contribution in [2.24, 2.45) is 0 Å². The van der Waals surface area contributed by atoms with E-state index in [9.17, 15) is 9.59 Å². The van der Waals surface area contributed by atoms with E-state index in [1.165, 1.54) is 17.7 Å². The van der Waals surface area contributed by atoms with E-state index in [4.69, 9.17) is 21.1 Å². The summed E-state index contributed by atoms with van der Waals surface area (Å²) in [5.74, 6) is 1.04. The molecule has 8 heteroatoms. The number of carbonyl (C=O) groups excluding carboxylic acids is 1. The molecular weight excluding hydrogens is 406 g/mol. The van der Waals surface area contributed by atoms with E-state index in [-0.39, 0.29) is 12.1 Å². The summed E-state index contributed by atoms with van der Waals surface area (Å²) in [6.07, 6.45) is 0.596. The van der Waals surface area contributed by atoms with E-state index >= 15 is 0 Å². The maximum absolute atomic E-state index is 12.8. The highest BCUT2D eigenvalue weighted by Crippen LogP contribution is 2.29. The van der Waals surface area contributed by atoms with E-state index in [1.54, 1.807) is 49.6 Å². The minimum absolute atomic E-state index is 0.215. The van der Waals surface area contributed by atoms with Gasteiger partial charge in [-0.3, -0.25) is 14.2 Å². The summed E-state index contributed by atoms with van der Waals surface area (Å²) in [5, 5.41) is 3.29. The van der Waals surface area contributed by atoms with Gasteiger partial charge >= 0.3 is 0 Å². The maximum atomic E-state index is 12.8. The van der Waals surface area contributed by atoms with Gasteiger partial charge in [0.25, 0.3) is 5.56 Å². The molecule has 0 radical (unpaired) electrons. The number of methoxy groups -OCH3 is 2. The van der Waals surface area contributed by atoms with Crippen molar-refractivity contribution in [2.75, 3.05) is 19.5 Å².